The van der Waals surface area contributed by atoms with Gasteiger partial charge in [-0.1, -0.05) is 69.6 Å². The van der Waals surface area contributed by atoms with E-state index in [4.69, 9.17) is 92.8 Å². The zero-order valence-electron chi connectivity index (χ0n) is 17.1. The highest BCUT2D eigenvalue weighted by Gasteiger charge is 2.67. The van der Waals surface area contributed by atoms with Crippen LogP contribution in [0.2, 0.25) is 30.1 Å². The fourth-order valence-electron chi connectivity index (χ4n) is 3.65. The summed E-state index contributed by atoms with van der Waals surface area (Å²) in [5.74, 6) is -2.29. The van der Waals surface area contributed by atoms with E-state index in [1.807, 2.05) is 0 Å². The molecule has 2 N–H and O–H groups in total. The summed E-state index contributed by atoms with van der Waals surface area (Å²) in [6.45, 7) is 0. The number of nitrogens with one attached hydrogen (secondary N) is 2. The number of carbonyl (C=O) groups excluding carboxylic acids is 2. The number of alkyl halides is 2. The number of carbonyl (C=O) groups is 2. The summed E-state index contributed by atoms with van der Waals surface area (Å²) in [5, 5.41) is 6.85. The highest BCUT2D eigenvalue weighted by atomic mass is 35.5. The predicted octanol–water partition coefficient (Wildman–Crippen LogP) is 9.39. The molecule has 1 aliphatic rings. The minimum atomic E-state index is -1.35. The van der Waals surface area contributed by atoms with Gasteiger partial charge >= 0.3 is 0 Å². The van der Waals surface area contributed by atoms with Gasteiger partial charge in [-0.2, -0.15) is 0 Å². The number of anilines is 2. The van der Waals surface area contributed by atoms with Gasteiger partial charge in [0.15, 0.2) is 0 Å². The maximum atomic E-state index is 13.0. The number of benzene rings is 3. The molecule has 0 aromatic heterocycles. The molecule has 0 aliphatic heterocycles. The third-order valence-electron chi connectivity index (χ3n) is 5.30. The summed E-state index contributed by atoms with van der Waals surface area (Å²) < 4.78 is -1.35. The lowest BCUT2D eigenvalue weighted by Gasteiger charge is -2.11. The molecule has 2 atom stereocenters. The molecule has 0 radical (unpaired) electrons. The first-order chi connectivity index (χ1) is 16.4. The quantitative estimate of drug-likeness (QED) is 0.218. The van der Waals surface area contributed by atoms with E-state index >= 15 is 0 Å². The van der Waals surface area contributed by atoms with E-state index in [2.05, 4.69) is 10.6 Å². The van der Waals surface area contributed by atoms with Crippen LogP contribution in [0.4, 0.5) is 11.4 Å². The van der Waals surface area contributed by atoms with Crippen LogP contribution in [0.5, 0.6) is 0 Å². The Morgan fingerprint density at radius 3 is 1.91 bits per heavy atom. The lowest BCUT2D eigenvalue weighted by molar-refractivity contribution is -0.117. The van der Waals surface area contributed by atoms with E-state index in [-0.39, 0.29) is 25.7 Å². The Morgan fingerprint density at radius 2 is 1.31 bits per heavy atom. The average Bonchev–Trinajstić information content (AvgIpc) is 3.34. The van der Waals surface area contributed by atoms with Crippen LogP contribution in [0.15, 0.2) is 48.5 Å². The Kier molecular flexibility index (Phi) is 7.98. The summed E-state index contributed by atoms with van der Waals surface area (Å²) in [7, 11) is 0. The molecule has 0 bridgehead atoms. The molecule has 4 rings (SSSR count). The minimum Gasteiger partial charge on any atom is -0.326 e. The van der Waals surface area contributed by atoms with Gasteiger partial charge < -0.3 is 10.6 Å². The van der Waals surface area contributed by atoms with Gasteiger partial charge in [-0.05, 0) is 54.1 Å². The van der Waals surface area contributed by atoms with Crippen molar-refractivity contribution in [1.82, 2.24) is 0 Å². The van der Waals surface area contributed by atoms with Crippen molar-refractivity contribution >= 4 is 116 Å². The molecular weight excluding hydrogens is 620 g/mol. The Morgan fingerprint density at radius 1 is 0.714 bits per heavy atom. The predicted molar refractivity (Wildman–Crippen MR) is 147 cm³/mol. The molecule has 0 heterocycles. The standard InChI is InChI=1S/C23H12Cl8N2O2/c24-10-3-9(4-11(25)5-10)18-19(23(18,30)31)22(35)32-12-1-2-15(26)14(6-12)21(34)33-13-7-16(27)20(29)17(28)8-13/h1-8,18-19H,(H,32,35)(H,33,34). The molecule has 1 aliphatic carbocycles. The van der Waals surface area contributed by atoms with Crippen molar-refractivity contribution in [2.75, 3.05) is 10.6 Å². The average molecular weight is 632 g/mol. The van der Waals surface area contributed by atoms with Crippen LogP contribution in [-0.2, 0) is 4.79 Å². The fraction of sp³-hybridized carbons (Fsp3) is 0.130. The summed E-state index contributed by atoms with van der Waals surface area (Å²) in [6.07, 6.45) is 0. The van der Waals surface area contributed by atoms with Gasteiger partial charge in [-0.25, -0.2) is 0 Å². The van der Waals surface area contributed by atoms with Crippen molar-refractivity contribution in [2.45, 2.75) is 10.3 Å². The Hall–Kier alpha value is -1.08. The highest BCUT2D eigenvalue weighted by Crippen LogP contribution is 2.65. The van der Waals surface area contributed by atoms with E-state index in [1.165, 1.54) is 24.3 Å². The lowest BCUT2D eigenvalue weighted by atomic mass is 10.1. The van der Waals surface area contributed by atoms with Crippen LogP contribution in [0, 0.1) is 5.92 Å². The van der Waals surface area contributed by atoms with E-state index in [0.29, 0.717) is 27.0 Å². The number of hydrogen-bond donors (Lipinski definition) is 2. The fourth-order valence-corrected chi connectivity index (χ4v) is 5.82. The third kappa shape index (κ3) is 5.76. The van der Waals surface area contributed by atoms with E-state index < -0.39 is 28.0 Å². The van der Waals surface area contributed by atoms with E-state index in [0.717, 1.165) is 0 Å². The first-order valence-electron chi connectivity index (χ1n) is 9.78. The summed E-state index contributed by atoms with van der Waals surface area (Å²) in [5.41, 5.74) is 1.37. The molecule has 3 aromatic rings. The SMILES string of the molecule is O=C(Nc1cc(Cl)c(Cl)c(Cl)c1)c1cc(NC(=O)C2C(c3cc(Cl)cc(Cl)c3)C2(Cl)Cl)ccc1Cl. The van der Waals surface area contributed by atoms with Crippen molar-refractivity contribution in [2.24, 2.45) is 5.92 Å². The first kappa shape index (κ1) is 27.0. The topological polar surface area (TPSA) is 58.2 Å². The summed E-state index contributed by atoms with van der Waals surface area (Å²) in [6, 6.07) is 12.2. The molecule has 2 amide bonds. The van der Waals surface area contributed by atoms with Gasteiger partial charge in [-0.3, -0.25) is 9.59 Å². The van der Waals surface area contributed by atoms with Gasteiger partial charge in [0.1, 0.15) is 4.33 Å². The van der Waals surface area contributed by atoms with Crippen LogP contribution >= 0.6 is 92.8 Å². The first-order valence-corrected chi connectivity index (χ1v) is 12.8. The minimum absolute atomic E-state index is 0.101. The third-order valence-corrected chi connectivity index (χ3v) is 8.20. The second-order valence-corrected chi connectivity index (χ2v) is 11.6. The molecule has 1 saturated carbocycles. The summed E-state index contributed by atoms with van der Waals surface area (Å²) in [4.78, 5) is 25.8. The van der Waals surface area contributed by atoms with Gasteiger partial charge in [0.05, 0.1) is 31.6 Å². The normalized spacial score (nSPS) is 18.2. The van der Waals surface area contributed by atoms with Gasteiger partial charge in [0, 0.05) is 27.3 Å². The molecular formula is C23H12Cl8N2O2. The largest absolute Gasteiger partial charge is 0.326 e. The van der Waals surface area contributed by atoms with Crippen molar-refractivity contribution < 1.29 is 9.59 Å². The smallest absolute Gasteiger partial charge is 0.257 e. The molecule has 35 heavy (non-hydrogen) atoms. The molecule has 182 valence electrons. The zero-order valence-corrected chi connectivity index (χ0v) is 23.2. The number of rotatable bonds is 5. The summed E-state index contributed by atoms with van der Waals surface area (Å²) >= 11 is 49.2. The molecule has 0 saturated heterocycles. The monoisotopic (exact) mass is 628 g/mol. The van der Waals surface area contributed by atoms with Crippen LogP contribution < -0.4 is 10.6 Å². The molecule has 0 spiro atoms. The van der Waals surface area contributed by atoms with Crippen LogP contribution in [0.25, 0.3) is 0 Å². The molecule has 3 aromatic carbocycles. The Bertz CT molecular complexity index is 1320. The van der Waals surface area contributed by atoms with Crippen molar-refractivity contribution in [1.29, 1.82) is 0 Å². The highest BCUT2D eigenvalue weighted by molar-refractivity contribution is 6.53. The van der Waals surface area contributed by atoms with Gasteiger partial charge in [-0.15, -0.1) is 23.2 Å². The van der Waals surface area contributed by atoms with E-state index in [9.17, 15) is 9.59 Å². The maximum Gasteiger partial charge on any atom is 0.257 e. The van der Waals surface area contributed by atoms with Crippen molar-refractivity contribution in [3.05, 3.63) is 89.8 Å². The van der Waals surface area contributed by atoms with Crippen molar-refractivity contribution in [3.8, 4) is 0 Å². The molecule has 4 nitrogen and oxygen atoms in total. The molecule has 1 fully saturated rings. The second-order valence-electron chi connectivity index (χ2n) is 7.72. The number of hydrogen-bond acceptors (Lipinski definition) is 2. The molecule has 2 unspecified atom stereocenters. The van der Waals surface area contributed by atoms with E-state index in [1.54, 1.807) is 24.3 Å². The number of amides is 2. The van der Waals surface area contributed by atoms with Gasteiger partial charge in [0.25, 0.3) is 5.91 Å². The van der Waals surface area contributed by atoms with Crippen LogP contribution in [0.1, 0.15) is 21.8 Å². The second kappa shape index (κ2) is 10.4. The zero-order chi connectivity index (χ0) is 25.7. The van der Waals surface area contributed by atoms with Crippen LogP contribution in [-0.4, -0.2) is 16.1 Å². The lowest BCUT2D eigenvalue weighted by Crippen LogP contribution is -2.18. The Balaban J connectivity index is 1.52. The number of halogens is 8. The Labute approximate surface area is 240 Å². The molecule has 12 heteroatoms. The van der Waals surface area contributed by atoms with Crippen LogP contribution in [0.3, 0.4) is 0 Å². The van der Waals surface area contributed by atoms with Crippen molar-refractivity contribution in [3.63, 3.8) is 0 Å². The van der Waals surface area contributed by atoms with Gasteiger partial charge in [0.2, 0.25) is 5.91 Å². The maximum absolute atomic E-state index is 13.0.